The molecule has 0 saturated carbocycles. The molecule has 15 heavy (non-hydrogen) atoms. The van der Waals surface area contributed by atoms with Gasteiger partial charge in [0.15, 0.2) is 0 Å². The van der Waals surface area contributed by atoms with Crippen molar-refractivity contribution < 1.29 is 15.1 Å². The van der Waals surface area contributed by atoms with Crippen LogP contribution in [-0.2, 0) is 4.74 Å². The van der Waals surface area contributed by atoms with Crippen molar-refractivity contribution in [2.24, 2.45) is 10.9 Å². The average molecular weight is 217 g/mol. The number of hydrogen-bond donors (Lipinski definition) is 3. The van der Waals surface area contributed by atoms with Crippen LogP contribution in [0.4, 0.5) is 0 Å². The first-order valence-corrected chi connectivity index (χ1v) is 5.17. The Morgan fingerprint density at radius 3 is 3.07 bits per heavy atom. The van der Waals surface area contributed by atoms with Gasteiger partial charge >= 0.3 is 0 Å². The second-order valence-electron chi connectivity index (χ2n) is 3.67. The molecule has 1 rings (SSSR count). The van der Waals surface area contributed by atoms with E-state index in [9.17, 15) is 0 Å². The molecule has 0 aliphatic carbocycles. The fourth-order valence-electron chi connectivity index (χ4n) is 1.63. The maximum absolute atomic E-state index is 8.94. The fraction of sp³-hybridized carbons (Fsp3) is 0.889. The number of nitrogens with two attached hydrogens (primary N) is 1. The molecule has 1 saturated heterocycles. The summed E-state index contributed by atoms with van der Waals surface area (Å²) in [5.41, 5.74) is 5.36. The highest BCUT2D eigenvalue weighted by molar-refractivity contribution is 5.79. The Hall–Kier alpha value is -0.850. The summed E-state index contributed by atoms with van der Waals surface area (Å²) >= 11 is 0. The molecule has 0 amide bonds. The molecule has 0 aromatic carbocycles. The van der Waals surface area contributed by atoms with Gasteiger partial charge in [-0.3, -0.25) is 4.90 Å². The first kappa shape index (κ1) is 12.2. The molecule has 0 aromatic heterocycles. The second-order valence-corrected chi connectivity index (χ2v) is 3.67. The first-order valence-electron chi connectivity index (χ1n) is 5.17. The highest BCUT2D eigenvalue weighted by Gasteiger charge is 2.18. The van der Waals surface area contributed by atoms with Crippen molar-refractivity contribution in [2.45, 2.75) is 18.9 Å². The van der Waals surface area contributed by atoms with Crippen molar-refractivity contribution in [1.29, 1.82) is 0 Å². The summed E-state index contributed by atoms with van der Waals surface area (Å²) in [6, 6.07) is 0. The lowest BCUT2D eigenvalue weighted by atomic mass is 10.2. The zero-order valence-electron chi connectivity index (χ0n) is 8.80. The molecule has 1 atom stereocenters. The quantitative estimate of drug-likeness (QED) is 0.243. The number of morpholine rings is 1. The normalized spacial score (nSPS) is 24.3. The minimum atomic E-state index is -0.0670. The van der Waals surface area contributed by atoms with Gasteiger partial charge in [-0.25, -0.2) is 0 Å². The van der Waals surface area contributed by atoms with Gasteiger partial charge in [0.2, 0.25) is 0 Å². The highest BCUT2D eigenvalue weighted by Crippen LogP contribution is 2.05. The van der Waals surface area contributed by atoms with Gasteiger partial charge in [0, 0.05) is 19.5 Å². The molecule has 0 spiro atoms. The van der Waals surface area contributed by atoms with Crippen LogP contribution in [0.25, 0.3) is 0 Å². The van der Waals surface area contributed by atoms with Crippen LogP contribution in [0.15, 0.2) is 5.16 Å². The van der Waals surface area contributed by atoms with E-state index in [1.54, 1.807) is 0 Å². The Morgan fingerprint density at radius 2 is 2.40 bits per heavy atom. The van der Waals surface area contributed by atoms with Crippen LogP contribution in [-0.4, -0.2) is 60.0 Å². The highest BCUT2D eigenvalue weighted by atomic mass is 16.5. The van der Waals surface area contributed by atoms with Crippen LogP contribution < -0.4 is 5.73 Å². The standard InChI is InChI=1S/C9H19N3O3/c10-9(11-14)2-1-3-12-4-5-15-8(6-12)7-13/h8,13-14H,1-7H2,(H2,10,11). The predicted molar refractivity (Wildman–Crippen MR) is 55.9 cm³/mol. The Balaban J connectivity index is 2.15. The molecular formula is C9H19N3O3. The minimum Gasteiger partial charge on any atom is -0.409 e. The summed E-state index contributed by atoms with van der Waals surface area (Å²) in [4.78, 5) is 2.22. The lowest BCUT2D eigenvalue weighted by Crippen LogP contribution is -2.44. The predicted octanol–water partition coefficient (Wildman–Crippen LogP) is -0.794. The van der Waals surface area contributed by atoms with E-state index in [1.165, 1.54) is 0 Å². The van der Waals surface area contributed by atoms with Gasteiger partial charge in [-0.15, -0.1) is 0 Å². The maximum Gasteiger partial charge on any atom is 0.139 e. The molecular weight excluding hydrogens is 198 g/mol. The molecule has 0 bridgehead atoms. The Bertz CT molecular complexity index is 211. The summed E-state index contributed by atoms with van der Waals surface area (Å²) in [7, 11) is 0. The number of nitrogens with zero attached hydrogens (tertiary/aromatic N) is 2. The van der Waals surface area contributed by atoms with E-state index in [-0.39, 0.29) is 18.5 Å². The molecule has 1 aliphatic heterocycles. The number of oxime groups is 1. The van der Waals surface area contributed by atoms with E-state index in [0.717, 1.165) is 26.1 Å². The third-order valence-electron chi connectivity index (χ3n) is 2.46. The van der Waals surface area contributed by atoms with E-state index >= 15 is 0 Å². The molecule has 1 unspecified atom stereocenters. The Morgan fingerprint density at radius 1 is 1.60 bits per heavy atom. The number of aliphatic hydroxyl groups is 1. The van der Waals surface area contributed by atoms with Crippen molar-refractivity contribution in [2.75, 3.05) is 32.8 Å². The number of hydrogen-bond acceptors (Lipinski definition) is 5. The molecule has 1 heterocycles. The van der Waals surface area contributed by atoms with Gasteiger partial charge in [0.1, 0.15) is 5.84 Å². The second kappa shape index (κ2) is 6.60. The van der Waals surface area contributed by atoms with E-state index in [1.807, 2.05) is 0 Å². The maximum atomic E-state index is 8.94. The lowest BCUT2D eigenvalue weighted by Gasteiger charge is -2.31. The molecule has 6 nitrogen and oxygen atoms in total. The summed E-state index contributed by atoms with van der Waals surface area (Å²) in [5, 5.41) is 20.2. The third kappa shape index (κ3) is 4.46. The number of rotatable bonds is 5. The van der Waals surface area contributed by atoms with E-state index in [2.05, 4.69) is 10.1 Å². The van der Waals surface area contributed by atoms with E-state index in [0.29, 0.717) is 13.0 Å². The molecule has 88 valence electrons. The van der Waals surface area contributed by atoms with Crippen LogP contribution in [0.1, 0.15) is 12.8 Å². The van der Waals surface area contributed by atoms with Crippen molar-refractivity contribution in [1.82, 2.24) is 4.90 Å². The van der Waals surface area contributed by atoms with Gasteiger partial charge in [0.05, 0.1) is 19.3 Å². The van der Waals surface area contributed by atoms with E-state index in [4.69, 9.17) is 20.8 Å². The molecule has 6 heteroatoms. The van der Waals surface area contributed by atoms with Crippen molar-refractivity contribution >= 4 is 5.84 Å². The third-order valence-corrected chi connectivity index (χ3v) is 2.46. The number of amidine groups is 1. The van der Waals surface area contributed by atoms with Crippen LogP contribution in [0.5, 0.6) is 0 Å². The smallest absolute Gasteiger partial charge is 0.139 e. The molecule has 0 radical (unpaired) electrons. The zero-order valence-corrected chi connectivity index (χ0v) is 8.80. The summed E-state index contributed by atoms with van der Waals surface area (Å²) in [5.74, 6) is 0.266. The van der Waals surface area contributed by atoms with Crippen LogP contribution in [0.3, 0.4) is 0 Å². The first-order chi connectivity index (χ1) is 7.26. The van der Waals surface area contributed by atoms with Crippen molar-refractivity contribution in [3.05, 3.63) is 0 Å². The molecule has 0 aromatic rings. The van der Waals surface area contributed by atoms with Crippen LogP contribution in [0, 0.1) is 0 Å². The summed E-state index contributed by atoms with van der Waals surface area (Å²) < 4.78 is 5.33. The Kier molecular flexibility index (Phi) is 5.38. The molecule has 1 fully saturated rings. The zero-order chi connectivity index (χ0) is 11.1. The summed E-state index contributed by atoms with van der Waals surface area (Å²) in [6.45, 7) is 3.25. The fourth-order valence-corrected chi connectivity index (χ4v) is 1.63. The van der Waals surface area contributed by atoms with Gasteiger partial charge in [-0.05, 0) is 13.0 Å². The van der Waals surface area contributed by atoms with Gasteiger partial charge in [0.25, 0.3) is 0 Å². The topological polar surface area (TPSA) is 91.3 Å². The van der Waals surface area contributed by atoms with Crippen LogP contribution in [0.2, 0.25) is 0 Å². The number of aliphatic hydroxyl groups excluding tert-OH is 1. The van der Waals surface area contributed by atoms with Crippen LogP contribution >= 0.6 is 0 Å². The molecule has 4 N–H and O–H groups in total. The lowest BCUT2D eigenvalue weighted by molar-refractivity contribution is -0.0527. The van der Waals surface area contributed by atoms with Gasteiger partial charge in [-0.1, -0.05) is 5.16 Å². The SMILES string of the molecule is NC(CCCN1CCOC(CO)C1)=NO. The molecule has 1 aliphatic rings. The van der Waals surface area contributed by atoms with E-state index < -0.39 is 0 Å². The number of ether oxygens (including phenoxy) is 1. The largest absolute Gasteiger partial charge is 0.409 e. The van der Waals surface area contributed by atoms with Gasteiger partial charge < -0.3 is 20.8 Å². The summed E-state index contributed by atoms with van der Waals surface area (Å²) in [6.07, 6.45) is 1.38. The van der Waals surface area contributed by atoms with Gasteiger partial charge in [-0.2, -0.15) is 0 Å². The van der Waals surface area contributed by atoms with Crippen molar-refractivity contribution in [3.63, 3.8) is 0 Å². The average Bonchev–Trinajstić information content (AvgIpc) is 2.29. The Labute approximate surface area is 89.3 Å². The van der Waals surface area contributed by atoms with Crippen molar-refractivity contribution in [3.8, 4) is 0 Å². The minimum absolute atomic E-state index is 0.0662. The monoisotopic (exact) mass is 217 g/mol.